The van der Waals surface area contributed by atoms with Crippen molar-refractivity contribution >= 4 is 5.82 Å². The Hall–Kier alpha value is -1.78. The van der Waals surface area contributed by atoms with Gasteiger partial charge in [-0.2, -0.15) is 10.2 Å². The van der Waals surface area contributed by atoms with Crippen LogP contribution in [0.4, 0.5) is 5.82 Å². The Bertz CT molecular complexity index is 436. The highest BCUT2D eigenvalue weighted by Crippen LogP contribution is 2.07. The summed E-state index contributed by atoms with van der Waals surface area (Å²) in [5.41, 5.74) is 8.80. The fourth-order valence-corrected chi connectivity index (χ4v) is 1.62. The average molecular weight is 205 g/mol. The molecule has 0 spiro atoms. The molecule has 2 heterocycles. The zero-order valence-electron chi connectivity index (χ0n) is 9.23. The van der Waals surface area contributed by atoms with E-state index in [1.165, 1.54) is 0 Å². The molecular formula is C10H15N5. The van der Waals surface area contributed by atoms with Crippen molar-refractivity contribution in [1.82, 2.24) is 19.6 Å². The molecule has 5 heteroatoms. The van der Waals surface area contributed by atoms with E-state index in [1.54, 1.807) is 0 Å². The normalized spacial score (nSPS) is 10.9. The van der Waals surface area contributed by atoms with Gasteiger partial charge >= 0.3 is 0 Å². The third-order valence-electron chi connectivity index (χ3n) is 2.37. The van der Waals surface area contributed by atoms with Gasteiger partial charge in [-0.3, -0.25) is 0 Å². The van der Waals surface area contributed by atoms with Crippen LogP contribution in [0.2, 0.25) is 0 Å². The molecule has 2 rings (SSSR count). The molecule has 0 aromatic carbocycles. The minimum atomic E-state index is 0.550. The molecule has 0 aliphatic carbocycles. The van der Waals surface area contributed by atoms with E-state index < -0.39 is 0 Å². The van der Waals surface area contributed by atoms with Gasteiger partial charge in [-0.15, -0.1) is 0 Å². The first-order valence-electron chi connectivity index (χ1n) is 4.87. The summed E-state index contributed by atoms with van der Waals surface area (Å²) in [6.45, 7) is 6.60. The van der Waals surface area contributed by atoms with Crippen molar-refractivity contribution in [2.24, 2.45) is 0 Å². The van der Waals surface area contributed by atoms with Crippen LogP contribution >= 0.6 is 0 Å². The number of aromatic nitrogens is 4. The van der Waals surface area contributed by atoms with Crippen LogP contribution in [0.1, 0.15) is 17.1 Å². The van der Waals surface area contributed by atoms with Crippen LogP contribution in [0.3, 0.4) is 0 Å². The minimum absolute atomic E-state index is 0.550. The number of hydrogen-bond acceptors (Lipinski definition) is 3. The largest absolute Gasteiger partial charge is 0.382 e. The Kier molecular flexibility index (Phi) is 2.22. The summed E-state index contributed by atoms with van der Waals surface area (Å²) >= 11 is 0. The van der Waals surface area contributed by atoms with E-state index in [-0.39, 0.29) is 0 Å². The summed E-state index contributed by atoms with van der Waals surface area (Å²) in [5, 5.41) is 8.56. The molecule has 2 aromatic heterocycles. The Morgan fingerprint density at radius 1 is 1.07 bits per heavy atom. The van der Waals surface area contributed by atoms with Gasteiger partial charge in [0.25, 0.3) is 0 Å². The van der Waals surface area contributed by atoms with Crippen molar-refractivity contribution in [1.29, 1.82) is 0 Å². The predicted octanol–water partition coefficient (Wildman–Crippen LogP) is 1.09. The lowest BCUT2D eigenvalue weighted by Gasteiger charge is -2.06. The molecule has 15 heavy (non-hydrogen) atoms. The van der Waals surface area contributed by atoms with Crippen molar-refractivity contribution in [2.75, 3.05) is 5.73 Å². The second-order valence-corrected chi connectivity index (χ2v) is 3.78. The number of aryl methyl sites for hydroxylation is 3. The first kappa shape index (κ1) is 9.76. The monoisotopic (exact) mass is 205 g/mol. The Labute approximate surface area is 88.5 Å². The van der Waals surface area contributed by atoms with Crippen LogP contribution in [0.15, 0.2) is 12.1 Å². The molecule has 2 aromatic rings. The van der Waals surface area contributed by atoms with Crippen LogP contribution in [0.5, 0.6) is 0 Å². The van der Waals surface area contributed by atoms with E-state index in [2.05, 4.69) is 10.2 Å². The van der Waals surface area contributed by atoms with Crippen molar-refractivity contribution < 1.29 is 0 Å². The molecule has 2 N–H and O–H groups in total. The van der Waals surface area contributed by atoms with Crippen molar-refractivity contribution in [2.45, 2.75) is 27.4 Å². The number of hydrogen-bond donors (Lipinski definition) is 1. The number of anilines is 1. The van der Waals surface area contributed by atoms with Gasteiger partial charge in [-0.25, -0.2) is 9.36 Å². The van der Waals surface area contributed by atoms with E-state index >= 15 is 0 Å². The lowest BCUT2D eigenvalue weighted by molar-refractivity contribution is 0.484. The second-order valence-electron chi connectivity index (χ2n) is 3.78. The fraction of sp³-hybridized carbons (Fsp3) is 0.400. The zero-order chi connectivity index (χ0) is 11.0. The van der Waals surface area contributed by atoms with E-state index in [4.69, 9.17) is 5.73 Å². The highest BCUT2D eigenvalue weighted by atomic mass is 15.4. The van der Waals surface area contributed by atoms with Crippen molar-refractivity contribution in [3.63, 3.8) is 0 Å². The molecular weight excluding hydrogens is 190 g/mol. The second kappa shape index (κ2) is 3.42. The average Bonchev–Trinajstić information content (AvgIpc) is 2.58. The van der Waals surface area contributed by atoms with E-state index in [9.17, 15) is 0 Å². The van der Waals surface area contributed by atoms with Gasteiger partial charge in [0.1, 0.15) is 12.5 Å². The van der Waals surface area contributed by atoms with E-state index in [0.717, 1.165) is 17.1 Å². The first-order chi connectivity index (χ1) is 7.06. The van der Waals surface area contributed by atoms with Crippen LogP contribution in [0, 0.1) is 20.8 Å². The molecule has 0 unspecified atom stereocenters. The van der Waals surface area contributed by atoms with Crippen LogP contribution in [-0.4, -0.2) is 19.6 Å². The molecule has 0 bridgehead atoms. The van der Waals surface area contributed by atoms with Crippen LogP contribution < -0.4 is 5.73 Å². The maximum Gasteiger partial charge on any atom is 0.145 e. The van der Waals surface area contributed by atoms with E-state index in [0.29, 0.717) is 12.5 Å². The standard InChI is InChI=1S/C10H15N5/c1-7-4-8(2)14(12-7)6-15-9(3)5-10(11)13-15/h4-5H,6H2,1-3H3,(H2,11,13). The summed E-state index contributed by atoms with van der Waals surface area (Å²) in [6.07, 6.45) is 0. The SMILES string of the molecule is Cc1cc(C)n(Cn2nc(N)cc2C)n1. The number of nitrogens with two attached hydrogens (primary N) is 1. The van der Waals surface area contributed by atoms with Gasteiger partial charge < -0.3 is 5.73 Å². The van der Waals surface area contributed by atoms with Crippen LogP contribution in [0.25, 0.3) is 0 Å². The minimum Gasteiger partial charge on any atom is -0.382 e. The van der Waals surface area contributed by atoms with Gasteiger partial charge in [-0.1, -0.05) is 0 Å². The summed E-state index contributed by atoms with van der Waals surface area (Å²) in [6, 6.07) is 3.90. The van der Waals surface area contributed by atoms with Crippen LogP contribution in [-0.2, 0) is 6.67 Å². The maximum atomic E-state index is 5.61. The highest BCUT2D eigenvalue weighted by molar-refractivity contribution is 5.28. The number of nitrogen functional groups attached to an aromatic ring is 1. The first-order valence-corrected chi connectivity index (χ1v) is 4.87. The molecule has 0 radical (unpaired) electrons. The third kappa shape index (κ3) is 1.86. The van der Waals surface area contributed by atoms with Crippen molar-refractivity contribution in [3.8, 4) is 0 Å². The molecule has 5 nitrogen and oxygen atoms in total. The van der Waals surface area contributed by atoms with Gasteiger partial charge in [0, 0.05) is 17.5 Å². The third-order valence-corrected chi connectivity index (χ3v) is 2.37. The quantitative estimate of drug-likeness (QED) is 0.798. The number of rotatable bonds is 2. The number of nitrogens with zero attached hydrogens (tertiary/aromatic N) is 4. The highest BCUT2D eigenvalue weighted by Gasteiger charge is 2.05. The Morgan fingerprint density at radius 2 is 1.67 bits per heavy atom. The van der Waals surface area contributed by atoms with Gasteiger partial charge in [-0.05, 0) is 26.8 Å². The fourth-order valence-electron chi connectivity index (χ4n) is 1.62. The lowest BCUT2D eigenvalue weighted by Crippen LogP contribution is -2.13. The smallest absolute Gasteiger partial charge is 0.145 e. The summed E-state index contributed by atoms with van der Waals surface area (Å²) < 4.78 is 3.75. The lowest BCUT2D eigenvalue weighted by atomic mass is 10.4. The van der Waals surface area contributed by atoms with Crippen molar-refractivity contribution in [3.05, 3.63) is 29.2 Å². The van der Waals surface area contributed by atoms with Gasteiger partial charge in [0.2, 0.25) is 0 Å². The molecule has 80 valence electrons. The van der Waals surface area contributed by atoms with Gasteiger partial charge in [0.15, 0.2) is 0 Å². The zero-order valence-corrected chi connectivity index (χ0v) is 9.23. The molecule has 0 amide bonds. The molecule has 0 atom stereocenters. The molecule has 0 aliphatic rings. The summed E-state index contributed by atoms with van der Waals surface area (Å²) in [5.74, 6) is 0.550. The summed E-state index contributed by atoms with van der Waals surface area (Å²) in [7, 11) is 0. The van der Waals surface area contributed by atoms with E-state index in [1.807, 2.05) is 42.3 Å². The molecule has 0 saturated carbocycles. The van der Waals surface area contributed by atoms with Gasteiger partial charge in [0.05, 0.1) is 5.69 Å². The molecule has 0 aliphatic heterocycles. The Balaban J connectivity index is 2.29. The maximum absolute atomic E-state index is 5.61. The topological polar surface area (TPSA) is 61.7 Å². The predicted molar refractivity (Wildman–Crippen MR) is 58.5 cm³/mol. The summed E-state index contributed by atoms with van der Waals surface area (Å²) in [4.78, 5) is 0. The Morgan fingerprint density at radius 3 is 2.13 bits per heavy atom. The molecule has 0 saturated heterocycles. The molecule has 0 fully saturated rings.